The Hall–Kier alpha value is -2.49. The Kier molecular flexibility index (Phi) is 7.22. The first kappa shape index (κ1) is 25.6. The van der Waals surface area contributed by atoms with Crippen LogP contribution in [0.25, 0.3) is 0 Å². The van der Waals surface area contributed by atoms with Crippen LogP contribution in [0.2, 0.25) is 0 Å². The minimum Gasteiger partial charge on any atom is -0.447 e. The smallest absolute Gasteiger partial charge is 0.418 e. The summed E-state index contributed by atoms with van der Waals surface area (Å²) in [6.45, 7) is 4.58. The number of aliphatic hydroxyl groups is 1. The number of benzene rings is 1. The molecule has 3 aliphatic rings. The normalized spacial score (nSPS) is 27.6. The van der Waals surface area contributed by atoms with Crippen LogP contribution in [-0.4, -0.2) is 59.9 Å². The highest BCUT2D eigenvalue weighted by molar-refractivity contribution is 5.87. The molecule has 1 aromatic carbocycles. The van der Waals surface area contributed by atoms with Crippen LogP contribution in [0.15, 0.2) is 18.2 Å². The fraction of sp³-hybridized carbons (Fsp3) is 0.680. The summed E-state index contributed by atoms with van der Waals surface area (Å²) in [7, 11) is 0. The Bertz CT molecular complexity index is 946. The zero-order valence-electron chi connectivity index (χ0n) is 20.2. The third kappa shape index (κ3) is 5.52. The molecule has 2 saturated heterocycles. The highest BCUT2D eigenvalue weighted by Crippen LogP contribution is 2.46. The quantitative estimate of drug-likeness (QED) is 0.626. The summed E-state index contributed by atoms with van der Waals surface area (Å²) in [5.74, 6) is 0.0341. The number of alkyl halides is 3. The molecule has 0 bridgehead atoms. The summed E-state index contributed by atoms with van der Waals surface area (Å²) in [5, 5.41) is 12.2. The number of nitrogens with one attached hydrogen (secondary N) is 1. The number of nitrogens with zero attached hydrogens (tertiary/aromatic N) is 2. The molecule has 2 aliphatic heterocycles. The summed E-state index contributed by atoms with van der Waals surface area (Å²) in [5.41, 5.74) is -1.51. The van der Waals surface area contributed by atoms with Gasteiger partial charge in [0, 0.05) is 37.1 Å². The lowest BCUT2D eigenvalue weighted by Gasteiger charge is -2.42. The monoisotopic (exact) mass is 497 g/mol. The van der Waals surface area contributed by atoms with Gasteiger partial charge in [-0.1, -0.05) is 0 Å². The SMILES string of the molecule is CC(C)OC(=O)Nc1ccc(N2CCC[C@]3(CCN(C4CCC(O)CC4)C3=O)C2)c(C(F)(F)F)c1. The van der Waals surface area contributed by atoms with Gasteiger partial charge in [-0.25, -0.2) is 4.79 Å². The van der Waals surface area contributed by atoms with Gasteiger partial charge in [-0.05, 0) is 77.0 Å². The Balaban J connectivity index is 1.54. The van der Waals surface area contributed by atoms with Gasteiger partial charge < -0.3 is 19.6 Å². The van der Waals surface area contributed by atoms with E-state index in [2.05, 4.69) is 5.32 Å². The van der Waals surface area contributed by atoms with E-state index in [1.807, 2.05) is 4.90 Å². The standard InChI is InChI=1S/C25H34F3N3O4/c1-16(2)35-23(34)29-17-4-9-21(20(14-17)25(26,27)28)30-12-3-10-24(15-30)11-13-31(22(24)33)18-5-7-19(32)8-6-18/h4,9,14,16,18-19,32H,3,5-8,10-13,15H2,1-2H3,(H,29,34)/t18?,19?,24-/m0/s1. The minimum absolute atomic E-state index is 0.000974. The number of piperidine rings is 1. The third-order valence-electron chi connectivity index (χ3n) is 7.46. The number of anilines is 2. The molecule has 1 atom stereocenters. The molecule has 35 heavy (non-hydrogen) atoms. The Morgan fingerprint density at radius 3 is 2.54 bits per heavy atom. The third-order valence-corrected chi connectivity index (χ3v) is 7.46. The highest BCUT2D eigenvalue weighted by atomic mass is 19.4. The molecule has 0 aromatic heterocycles. The van der Waals surface area contributed by atoms with Crippen molar-refractivity contribution >= 4 is 23.4 Å². The van der Waals surface area contributed by atoms with E-state index in [0.29, 0.717) is 45.2 Å². The number of carbonyl (C=O) groups excluding carboxylic acids is 2. The van der Waals surface area contributed by atoms with Crippen molar-refractivity contribution in [2.45, 2.75) is 83.2 Å². The summed E-state index contributed by atoms with van der Waals surface area (Å²) in [6.07, 6.45) is -1.37. The van der Waals surface area contributed by atoms with Crippen molar-refractivity contribution in [1.29, 1.82) is 0 Å². The number of hydrogen-bond donors (Lipinski definition) is 2. The van der Waals surface area contributed by atoms with E-state index < -0.39 is 29.4 Å². The maximum Gasteiger partial charge on any atom is 0.418 e. The molecule has 7 nitrogen and oxygen atoms in total. The molecule has 2 amide bonds. The van der Waals surface area contributed by atoms with Crippen molar-refractivity contribution < 1.29 is 32.6 Å². The summed E-state index contributed by atoms with van der Waals surface area (Å²) in [4.78, 5) is 29.0. The second-order valence-corrected chi connectivity index (χ2v) is 10.3. The molecule has 1 aromatic rings. The molecule has 3 fully saturated rings. The van der Waals surface area contributed by atoms with Crippen LogP contribution in [0.4, 0.5) is 29.3 Å². The molecule has 0 unspecified atom stereocenters. The fourth-order valence-corrected chi connectivity index (χ4v) is 5.76. The molecule has 0 radical (unpaired) electrons. The first-order valence-corrected chi connectivity index (χ1v) is 12.4. The average molecular weight is 498 g/mol. The van der Waals surface area contributed by atoms with E-state index >= 15 is 0 Å². The number of ether oxygens (including phenoxy) is 1. The molecular weight excluding hydrogens is 463 g/mol. The zero-order chi connectivity index (χ0) is 25.4. The number of likely N-dealkylation sites (tertiary alicyclic amines) is 1. The maximum atomic E-state index is 14.0. The van der Waals surface area contributed by atoms with Crippen molar-refractivity contribution in [2.24, 2.45) is 5.41 Å². The number of amides is 2. The summed E-state index contributed by atoms with van der Waals surface area (Å²) in [6, 6.07) is 3.83. The molecule has 1 spiro atoms. The van der Waals surface area contributed by atoms with Gasteiger partial charge in [0.15, 0.2) is 0 Å². The molecule has 4 rings (SSSR count). The topological polar surface area (TPSA) is 82.1 Å². The van der Waals surface area contributed by atoms with E-state index in [0.717, 1.165) is 18.9 Å². The maximum absolute atomic E-state index is 14.0. The van der Waals surface area contributed by atoms with Gasteiger partial charge in [0.2, 0.25) is 5.91 Å². The highest BCUT2D eigenvalue weighted by Gasteiger charge is 2.51. The second-order valence-electron chi connectivity index (χ2n) is 10.3. The van der Waals surface area contributed by atoms with Crippen LogP contribution >= 0.6 is 0 Å². The van der Waals surface area contributed by atoms with Crippen LogP contribution in [0, 0.1) is 5.41 Å². The largest absolute Gasteiger partial charge is 0.447 e. The van der Waals surface area contributed by atoms with Crippen molar-refractivity contribution in [3.63, 3.8) is 0 Å². The van der Waals surface area contributed by atoms with Gasteiger partial charge in [0.05, 0.1) is 23.2 Å². The van der Waals surface area contributed by atoms with Crippen molar-refractivity contribution in [2.75, 3.05) is 29.9 Å². The number of rotatable bonds is 4. The van der Waals surface area contributed by atoms with Crippen molar-refractivity contribution in [3.05, 3.63) is 23.8 Å². The van der Waals surface area contributed by atoms with E-state index in [9.17, 15) is 27.9 Å². The van der Waals surface area contributed by atoms with Gasteiger partial charge in [0.25, 0.3) is 0 Å². The van der Waals surface area contributed by atoms with Gasteiger partial charge >= 0.3 is 12.3 Å². The number of aliphatic hydroxyl groups excluding tert-OH is 1. The van der Waals surface area contributed by atoms with Crippen LogP contribution in [-0.2, 0) is 15.7 Å². The lowest BCUT2D eigenvalue weighted by Crippen LogP contribution is -2.50. The Labute approximate surface area is 203 Å². The van der Waals surface area contributed by atoms with E-state index in [4.69, 9.17) is 4.74 Å². The molecule has 1 saturated carbocycles. The van der Waals surface area contributed by atoms with Crippen LogP contribution in [0.1, 0.15) is 64.4 Å². The van der Waals surface area contributed by atoms with Crippen molar-refractivity contribution in [3.8, 4) is 0 Å². The number of halogens is 3. The molecule has 2 heterocycles. The first-order chi connectivity index (χ1) is 16.5. The predicted molar refractivity (Wildman–Crippen MR) is 125 cm³/mol. The van der Waals surface area contributed by atoms with Gasteiger partial charge in [0.1, 0.15) is 0 Å². The van der Waals surface area contributed by atoms with Gasteiger partial charge in [-0.2, -0.15) is 13.2 Å². The predicted octanol–water partition coefficient (Wildman–Crippen LogP) is 4.78. The van der Waals surface area contributed by atoms with E-state index in [1.54, 1.807) is 18.7 Å². The van der Waals surface area contributed by atoms with Crippen molar-refractivity contribution in [1.82, 2.24) is 4.90 Å². The minimum atomic E-state index is -4.63. The molecule has 10 heteroatoms. The lowest BCUT2D eigenvalue weighted by molar-refractivity contribution is -0.139. The Morgan fingerprint density at radius 1 is 1.17 bits per heavy atom. The van der Waals surface area contributed by atoms with Crippen LogP contribution in [0.5, 0.6) is 0 Å². The zero-order valence-corrected chi connectivity index (χ0v) is 20.2. The number of carbonyl (C=O) groups is 2. The van der Waals surface area contributed by atoms with E-state index in [-0.39, 0.29) is 36.0 Å². The molecule has 194 valence electrons. The van der Waals surface area contributed by atoms with Gasteiger partial charge in [-0.3, -0.25) is 10.1 Å². The van der Waals surface area contributed by atoms with Gasteiger partial charge in [-0.15, -0.1) is 0 Å². The summed E-state index contributed by atoms with van der Waals surface area (Å²) >= 11 is 0. The summed E-state index contributed by atoms with van der Waals surface area (Å²) < 4.78 is 47.1. The number of hydrogen-bond acceptors (Lipinski definition) is 5. The lowest BCUT2D eigenvalue weighted by atomic mass is 9.78. The molecule has 1 aliphatic carbocycles. The molecular formula is C25H34F3N3O4. The Morgan fingerprint density at radius 2 is 1.89 bits per heavy atom. The fourth-order valence-electron chi connectivity index (χ4n) is 5.76. The second kappa shape index (κ2) is 9.87. The molecule has 2 N–H and O–H groups in total. The average Bonchev–Trinajstić information content (AvgIpc) is 3.08. The van der Waals surface area contributed by atoms with Crippen LogP contribution in [0.3, 0.4) is 0 Å². The van der Waals surface area contributed by atoms with Crippen LogP contribution < -0.4 is 10.2 Å². The van der Waals surface area contributed by atoms with E-state index in [1.165, 1.54) is 12.1 Å². The first-order valence-electron chi connectivity index (χ1n) is 12.4.